The Hall–Kier alpha value is -0.430. The fourth-order valence-electron chi connectivity index (χ4n) is 2.74. The second-order valence-electron chi connectivity index (χ2n) is 5.96. The summed E-state index contributed by atoms with van der Waals surface area (Å²) in [4.78, 5) is 22.7. The minimum absolute atomic E-state index is 0.00868. The van der Waals surface area contributed by atoms with Crippen LogP contribution in [-0.4, -0.2) is 24.4 Å². The number of rotatable bonds is 12. The van der Waals surface area contributed by atoms with Crippen molar-refractivity contribution in [3.63, 3.8) is 0 Å². The second-order valence-corrected chi connectivity index (χ2v) is 7.20. The average molecular weight is 421 g/mol. The SMILES string of the molecule is CCCCCCC1C(=O)C=C(I)C1OCCCCCC(N)=O. The fraction of sp³-hybridized carbons (Fsp3) is 0.765. The fourth-order valence-corrected chi connectivity index (χ4v) is 3.66. The molecule has 0 saturated carbocycles. The van der Waals surface area contributed by atoms with Crippen LogP contribution in [0.15, 0.2) is 9.66 Å². The standard InChI is InChI=1S/C17H28INO3/c1-2-3-4-6-9-13-15(20)12-14(18)17(13)22-11-8-5-7-10-16(19)21/h12-13,17H,2-11H2,1H3,(H2,19,21). The third-order valence-corrected chi connectivity index (χ3v) is 4.94. The molecule has 2 unspecified atom stereocenters. The van der Waals surface area contributed by atoms with Gasteiger partial charge in [0.2, 0.25) is 5.91 Å². The summed E-state index contributed by atoms with van der Waals surface area (Å²) in [6, 6.07) is 0. The number of hydrogen-bond donors (Lipinski definition) is 1. The summed E-state index contributed by atoms with van der Waals surface area (Å²) in [5, 5.41) is 0. The van der Waals surface area contributed by atoms with Crippen LogP contribution in [0.2, 0.25) is 0 Å². The van der Waals surface area contributed by atoms with Crippen molar-refractivity contribution in [2.45, 2.75) is 70.8 Å². The summed E-state index contributed by atoms with van der Waals surface area (Å²) in [6.45, 7) is 2.83. The van der Waals surface area contributed by atoms with Crippen molar-refractivity contribution in [3.8, 4) is 0 Å². The van der Waals surface area contributed by atoms with Gasteiger partial charge in [-0.3, -0.25) is 9.59 Å². The van der Waals surface area contributed by atoms with Gasteiger partial charge in [-0.05, 0) is 47.9 Å². The zero-order valence-corrected chi connectivity index (χ0v) is 15.6. The van der Waals surface area contributed by atoms with Gasteiger partial charge < -0.3 is 10.5 Å². The summed E-state index contributed by atoms with van der Waals surface area (Å²) in [5.41, 5.74) is 5.11. The normalized spacial score (nSPS) is 21.2. The molecule has 0 saturated heterocycles. The molecule has 126 valence electrons. The Labute approximate surface area is 147 Å². The monoisotopic (exact) mass is 421 g/mol. The molecule has 4 nitrogen and oxygen atoms in total. The minimum atomic E-state index is -0.244. The number of carbonyl (C=O) groups is 2. The van der Waals surface area contributed by atoms with Crippen LogP contribution in [-0.2, 0) is 14.3 Å². The van der Waals surface area contributed by atoms with E-state index in [2.05, 4.69) is 29.5 Å². The van der Waals surface area contributed by atoms with Gasteiger partial charge in [0.15, 0.2) is 5.78 Å². The highest BCUT2D eigenvalue weighted by Crippen LogP contribution is 2.33. The van der Waals surface area contributed by atoms with Gasteiger partial charge in [-0.1, -0.05) is 39.0 Å². The molecule has 1 amide bonds. The van der Waals surface area contributed by atoms with Crippen molar-refractivity contribution in [2.24, 2.45) is 11.7 Å². The summed E-state index contributed by atoms with van der Waals surface area (Å²) >= 11 is 2.22. The Morgan fingerprint density at radius 2 is 1.95 bits per heavy atom. The van der Waals surface area contributed by atoms with Crippen molar-refractivity contribution in [2.75, 3.05) is 6.61 Å². The highest BCUT2D eigenvalue weighted by atomic mass is 127. The molecule has 0 aromatic rings. The summed E-state index contributed by atoms with van der Waals surface area (Å²) < 4.78 is 6.98. The van der Waals surface area contributed by atoms with E-state index in [1.165, 1.54) is 19.3 Å². The maximum atomic E-state index is 12.1. The van der Waals surface area contributed by atoms with Crippen LogP contribution in [0.3, 0.4) is 0 Å². The Bertz CT molecular complexity index is 395. The van der Waals surface area contributed by atoms with Crippen molar-refractivity contribution >= 4 is 34.3 Å². The van der Waals surface area contributed by atoms with E-state index in [1.54, 1.807) is 6.08 Å². The van der Waals surface area contributed by atoms with Gasteiger partial charge in [0.1, 0.15) is 0 Å². The van der Waals surface area contributed by atoms with Crippen LogP contribution in [0.5, 0.6) is 0 Å². The van der Waals surface area contributed by atoms with Crippen molar-refractivity contribution in [1.29, 1.82) is 0 Å². The molecule has 0 heterocycles. The lowest BCUT2D eigenvalue weighted by molar-refractivity contribution is -0.121. The van der Waals surface area contributed by atoms with Gasteiger partial charge in [-0.15, -0.1) is 0 Å². The van der Waals surface area contributed by atoms with E-state index >= 15 is 0 Å². The Kier molecular flexibility index (Phi) is 9.95. The largest absolute Gasteiger partial charge is 0.372 e. The number of carbonyl (C=O) groups excluding carboxylic acids is 2. The van der Waals surface area contributed by atoms with E-state index in [1.807, 2.05) is 0 Å². The molecule has 5 heteroatoms. The van der Waals surface area contributed by atoms with Crippen molar-refractivity contribution < 1.29 is 14.3 Å². The molecule has 2 atom stereocenters. The summed E-state index contributed by atoms with van der Waals surface area (Å²) in [6.07, 6.45) is 10.4. The molecule has 0 bridgehead atoms. The van der Waals surface area contributed by atoms with Crippen molar-refractivity contribution in [1.82, 2.24) is 0 Å². The van der Waals surface area contributed by atoms with E-state index in [9.17, 15) is 9.59 Å². The predicted molar refractivity (Wildman–Crippen MR) is 96.8 cm³/mol. The van der Waals surface area contributed by atoms with Gasteiger partial charge >= 0.3 is 0 Å². The topological polar surface area (TPSA) is 69.4 Å². The first-order valence-corrected chi connectivity index (χ1v) is 9.45. The molecule has 0 aromatic carbocycles. The highest BCUT2D eigenvalue weighted by Gasteiger charge is 2.35. The smallest absolute Gasteiger partial charge is 0.217 e. The molecule has 0 radical (unpaired) electrons. The molecular weight excluding hydrogens is 393 g/mol. The number of hydrogen-bond acceptors (Lipinski definition) is 3. The molecule has 0 aromatic heterocycles. The highest BCUT2D eigenvalue weighted by molar-refractivity contribution is 14.1. The maximum Gasteiger partial charge on any atom is 0.217 e. The van der Waals surface area contributed by atoms with Crippen LogP contribution in [0, 0.1) is 5.92 Å². The number of nitrogens with two attached hydrogens (primary N) is 1. The van der Waals surface area contributed by atoms with Crippen molar-refractivity contribution in [3.05, 3.63) is 9.66 Å². The number of halogens is 1. The lowest BCUT2D eigenvalue weighted by Gasteiger charge is -2.20. The number of ether oxygens (including phenoxy) is 1. The van der Waals surface area contributed by atoms with Crippen LogP contribution >= 0.6 is 22.6 Å². The molecule has 2 N–H and O–H groups in total. The van der Waals surface area contributed by atoms with E-state index < -0.39 is 0 Å². The van der Waals surface area contributed by atoms with Gasteiger partial charge in [0.05, 0.1) is 12.0 Å². The van der Waals surface area contributed by atoms with E-state index in [0.717, 1.165) is 35.7 Å². The predicted octanol–water partition coefficient (Wildman–Crippen LogP) is 3.91. The van der Waals surface area contributed by atoms with Crippen LogP contribution in [0.4, 0.5) is 0 Å². The zero-order chi connectivity index (χ0) is 16.4. The van der Waals surface area contributed by atoms with Gasteiger partial charge in [-0.25, -0.2) is 0 Å². The molecule has 0 aliphatic heterocycles. The number of amides is 1. The number of allylic oxidation sites excluding steroid dienone is 1. The van der Waals surface area contributed by atoms with Crippen LogP contribution in [0.1, 0.15) is 64.7 Å². The van der Waals surface area contributed by atoms with Crippen LogP contribution < -0.4 is 5.73 Å². The minimum Gasteiger partial charge on any atom is -0.372 e. The van der Waals surface area contributed by atoms with Gasteiger partial charge in [0, 0.05) is 16.6 Å². The van der Waals surface area contributed by atoms with E-state index in [-0.39, 0.29) is 23.7 Å². The number of primary amides is 1. The van der Waals surface area contributed by atoms with E-state index in [0.29, 0.717) is 13.0 Å². The average Bonchev–Trinajstić information content (AvgIpc) is 2.73. The Morgan fingerprint density at radius 1 is 1.23 bits per heavy atom. The Balaban J connectivity index is 2.27. The van der Waals surface area contributed by atoms with Gasteiger partial charge in [-0.2, -0.15) is 0 Å². The summed E-state index contributed by atoms with van der Waals surface area (Å²) in [5.74, 6) is -0.0130. The first-order chi connectivity index (χ1) is 10.6. The molecule has 0 spiro atoms. The van der Waals surface area contributed by atoms with Crippen LogP contribution in [0.25, 0.3) is 0 Å². The molecule has 22 heavy (non-hydrogen) atoms. The lowest BCUT2D eigenvalue weighted by atomic mass is 9.96. The summed E-state index contributed by atoms with van der Waals surface area (Å²) in [7, 11) is 0. The molecule has 1 aliphatic rings. The van der Waals surface area contributed by atoms with E-state index in [4.69, 9.17) is 10.5 Å². The molecular formula is C17H28INO3. The molecule has 1 aliphatic carbocycles. The zero-order valence-electron chi connectivity index (χ0n) is 13.5. The molecule has 1 rings (SSSR count). The second kappa shape index (κ2) is 11.2. The maximum absolute atomic E-state index is 12.1. The first-order valence-electron chi connectivity index (χ1n) is 8.37. The first kappa shape index (κ1) is 19.6. The lowest BCUT2D eigenvalue weighted by Crippen LogP contribution is -2.25. The quantitative estimate of drug-likeness (QED) is 0.384. The third kappa shape index (κ3) is 7.22. The number of ketones is 1. The Morgan fingerprint density at radius 3 is 2.64 bits per heavy atom. The van der Waals surface area contributed by atoms with Gasteiger partial charge in [0.25, 0.3) is 0 Å². The molecule has 0 fully saturated rings. The third-order valence-electron chi connectivity index (χ3n) is 4.02. The number of unbranched alkanes of at least 4 members (excludes halogenated alkanes) is 5.